The van der Waals surface area contributed by atoms with Crippen molar-refractivity contribution in [3.63, 3.8) is 0 Å². The van der Waals surface area contributed by atoms with Gasteiger partial charge in [-0.2, -0.15) is 0 Å². The molecular weight excluding hydrogens is 708 g/mol. The van der Waals surface area contributed by atoms with Crippen LogP contribution in [0.15, 0.2) is 12.2 Å². The average Bonchev–Trinajstić information content (AvgIpc) is 3.09. The van der Waals surface area contributed by atoms with Crippen LogP contribution >= 0.6 is 7.60 Å². The molecule has 0 heterocycles. The van der Waals surface area contributed by atoms with Crippen molar-refractivity contribution in [1.29, 1.82) is 0 Å². The number of aliphatic hydroxyl groups is 2. The van der Waals surface area contributed by atoms with Gasteiger partial charge in [-0.15, -0.1) is 0 Å². The summed E-state index contributed by atoms with van der Waals surface area (Å²) in [6, 6.07) is 0. The first-order chi connectivity index (χ1) is 24.4. The topological polar surface area (TPSA) is 155 Å². The molecule has 0 bridgehead atoms. The number of hydrogen-bond donors (Lipinski definition) is 3. The second kappa shape index (κ2) is 33.1. The van der Waals surface area contributed by atoms with E-state index in [4.69, 9.17) is 9.63 Å². The summed E-state index contributed by atoms with van der Waals surface area (Å²) in [6.45, 7) is 3.17. The van der Waals surface area contributed by atoms with E-state index in [1.165, 1.54) is 83.5 Å². The largest absolute Gasteiger partial charge is 0.394 e. The van der Waals surface area contributed by atoms with Gasteiger partial charge in [0, 0.05) is 0 Å². The smallest absolute Gasteiger partial charge is 0.328 e. The summed E-state index contributed by atoms with van der Waals surface area (Å²) < 4.78 is 70.5. The summed E-state index contributed by atoms with van der Waals surface area (Å²) >= 11 is 0. The predicted octanol–water partition coefficient (Wildman–Crippen LogP) is 9.87. The number of hydrogen-bond acceptors (Lipinski definition) is 8. The standard InChI is InChI=1S/C39H79O9PS2/c1-3-5-7-9-11-13-15-17-19-21-23-25-27-29-33-50(44,45)37-39(36-48-49(42,43)32-31-38(41)35-40)51(46,47)34-30-28-26-24-22-20-18-16-14-12-10-8-6-4-2/h14,16,38-41H,3-13,15,17-37H2,1-2H3,(H,42,43)/b16-14-. The maximum absolute atomic E-state index is 13.4. The molecule has 0 saturated heterocycles. The zero-order valence-corrected chi connectivity index (χ0v) is 35.2. The van der Waals surface area contributed by atoms with Gasteiger partial charge in [0.1, 0.15) is 0 Å². The molecule has 0 aliphatic carbocycles. The third-order valence-corrected chi connectivity index (χ3v) is 15.2. The Morgan fingerprint density at radius 3 is 1.45 bits per heavy atom. The summed E-state index contributed by atoms with van der Waals surface area (Å²) in [5.41, 5.74) is 0. The van der Waals surface area contributed by atoms with Gasteiger partial charge in [-0.3, -0.25) is 4.57 Å². The highest BCUT2D eigenvalue weighted by Gasteiger charge is 2.33. The van der Waals surface area contributed by atoms with Gasteiger partial charge in [0.2, 0.25) is 0 Å². The van der Waals surface area contributed by atoms with Gasteiger partial charge in [0.05, 0.1) is 48.0 Å². The van der Waals surface area contributed by atoms with E-state index in [9.17, 15) is 31.4 Å². The lowest BCUT2D eigenvalue weighted by molar-refractivity contribution is 0.0912. The monoisotopic (exact) mass is 786 g/mol. The molecule has 0 aliphatic heterocycles. The first-order valence-electron chi connectivity index (χ1n) is 20.7. The van der Waals surface area contributed by atoms with Crippen LogP contribution in [-0.2, 0) is 28.8 Å². The normalized spacial score (nSPS) is 15.0. The fraction of sp³-hybridized carbons (Fsp3) is 0.949. The van der Waals surface area contributed by atoms with Crippen molar-refractivity contribution in [2.45, 2.75) is 199 Å². The van der Waals surface area contributed by atoms with E-state index in [2.05, 4.69) is 26.0 Å². The van der Waals surface area contributed by atoms with Crippen LogP contribution in [0.5, 0.6) is 0 Å². The molecule has 3 unspecified atom stereocenters. The van der Waals surface area contributed by atoms with Crippen molar-refractivity contribution in [1.82, 2.24) is 0 Å². The van der Waals surface area contributed by atoms with Crippen molar-refractivity contribution in [2.24, 2.45) is 0 Å². The molecule has 0 rings (SSSR count). The van der Waals surface area contributed by atoms with Crippen molar-refractivity contribution in [3.8, 4) is 0 Å². The molecule has 0 fully saturated rings. The molecule has 9 nitrogen and oxygen atoms in total. The van der Waals surface area contributed by atoms with Gasteiger partial charge in [-0.05, 0) is 44.9 Å². The summed E-state index contributed by atoms with van der Waals surface area (Å²) in [5.74, 6) is -0.959. The highest BCUT2D eigenvalue weighted by molar-refractivity contribution is 7.95. The van der Waals surface area contributed by atoms with Gasteiger partial charge in [0.25, 0.3) is 0 Å². The van der Waals surface area contributed by atoms with E-state index in [1.54, 1.807) is 0 Å². The average molecular weight is 787 g/mol. The Kier molecular flexibility index (Phi) is 32.9. The zero-order valence-electron chi connectivity index (χ0n) is 32.7. The fourth-order valence-corrected chi connectivity index (χ4v) is 11.6. The number of allylic oxidation sites excluding steroid dienone is 2. The van der Waals surface area contributed by atoms with Crippen molar-refractivity contribution >= 4 is 27.3 Å². The molecular formula is C39H79O9PS2. The number of sulfone groups is 2. The number of aliphatic hydroxyl groups excluding tert-OH is 2. The molecule has 3 atom stereocenters. The Morgan fingerprint density at radius 2 is 1.00 bits per heavy atom. The minimum atomic E-state index is -4.30. The van der Waals surface area contributed by atoms with E-state index >= 15 is 0 Å². The maximum atomic E-state index is 13.4. The van der Waals surface area contributed by atoms with Gasteiger partial charge in [-0.25, -0.2) is 16.8 Å². The van der Waals surface area contributed by atoms with Gasteiger partial charge in [-0.1, -0.05) is 154 Å². The Hall–Kier alpha value is -0.290. The van der Waals surface area contributed by atoms with E-state index < -0.39 is 63.8 Å². The highest BCUT2D eigenvalue weighted by Crippen LogP contribution is 2.43. The first kappa shape index (κ1) is 50.7. The van der Waals surface area contributed by atoms with Crippen LogP contribution in [0.2, 0.25) is 0 Å². The Labute approximate surface area is 314 Å². The summed E-state index contributed by atoms with van der Waals surface area (Å²) in [5, 5.41) is 17.1. The van der Waals surface area contributed by atoms with Crippen LogP contribution in [0.4, 0.5) is 0 Å². The van der Waals surface area contributed by atoms with Gasteiger partial charge >= 0.3 is 7.60 Å². The molecule has 0 spiro atoms. The van der Waals surface area contributed by atoms with E-state index in [0.29, 0.717) is 19.3 Å². The minimum Gasteiger partial charge on any atom is -0.394 e. The summed E-state index contributed by atoms with van der Waals surface area (Å²) in [6.07, 6.45) is 31.2. The second-order valence-electron chi connectivity index (χ2n) is 14.7. The van der Waals surface area contributed by atoms with Crippen LogP contribution in [0, 0.1) is 0 Å². The van der Waals surface area contributed by atoms with E-state index in [-0.39, 0.29) is 17.9 Å². The Balaban J connectivity index is 4.68. The number of unbranched alkanes of at least 4 members (excludes halogenated alkanes) is 23. The van der Waals surface area contributed by atoms with Crippen LogP contribution < -0.4 is 0 Å². The molecule has 0 amide bonds. The van der Waals surface area contributed by atoms with Crippen LogP contribution in [-0.4, -0.2) is 79.9 Å². The Bertz CT molecular complexity index is 1080. The third-order valence-electron chi connectivity index (χ3n) is 9.62. The Morgan fingerprint density at radius 1 is 0.608 bits per heavy atom. The summed E-state index contributed by atoms with van der Waals surface area (Å²) in [4.78, 5) is 10.2. The summed E-state index contributed by atoms with van der Waals surface area (Å²) in [7, 11) is -12.0. The molecule has 12 heteroatoms. The molecule has 0 aromatic carbocycles. The SMILES string of the molecule is CCCCCC/C=C\CCCCCCCCS(=O)(=O)C(COP(=O)(O)CCC(O)CO)CS(=O)(=O)CCCCCCCCCCCCCCCC. The highest BCUT2D eigenvalue weighted by atomic mass is 32.2. The molecule has 306 valence electrons. The molecule has 0 aliphatic rings. The molecule has 0 saturated carbocycles. The predicted molar refractivity (Wildman–Crippen MR) is 215 cm³/mol. The minimum absolute atomic E-state index is 0.120. The van der Waals surface area contributed by atoms with Crippen LogP contribution in [0.3, 0.4) is 0 Å². The fourth-order valence-electron chi connectivity index (χ4n) is 6.17. The van der Waals surface area contributed by atoms with E-state index in [0.717, 1.165) is 64.2 Å². The van der Waals surface area contributed by atoms with Gasteiger partial charge < -0.3 is 19.6 Å². The van der Waals surface area contributed by atoms with E-state index in [1.807, 2.05) is 0 Å². The lowest BCUT2D eigenvalue weighted by Crippen LogP contribution is -2.36. The van der Waals surface area contributed by atoms with Crippen molar-refractivity contribution in [3.05, 3.63) is 12.2 Å². The third kappa shape index (κ3) is 32.8. The molecule has 51 heavy (non-hydrogen) atoms. The lowest BCUT2D eigenvalue weighted by atomic mass is 10.0. The zero-order chi connectivity index (χ0) is 38.1. The second-order valence-corrected chi connectivity index (χ2v) is 21.3. The lowest BCUT2D eigenvalue weighted by Gasteiger charge is -2.20. The molecule has 0 aromatic heterocycles. The van der Waals surface area contributed by atoms with Crippen LogP contribution in [0.25, 0.3) is 0 Å². The molecule has 3 N–H and O–H groups in total. The molecule has 0 aromatic rings. The van der Waals surface area contributed by atoms with Crippen molar-refractivity contribution in [2.75, 3.05) is 36.6 Å². The van der Waals surface area contributed by atoms with Crippen LogP contribution in [0.1, 0.15) is 187 Å². The van der Waals surface area contributed by atoms with Gasteiger partial charge in [0.15, 0.2) is 19.7 Å². The first-order valence-corrected chi connectivity index (χ1v) is 26.0. The van der Waals surface area contributed by atoms with Crippen molar-refractivity contribution < 1.29 is 41.0 Å². The number of rotatable bonds is 39. The quantitative estimate of drug-likeness (QED) is 0.0314. The molecule has 0 radical (unpaired) electrons. The maximum Gasteiger partial charge on any atom is 0.328 e.